The summed E-state index contributed by atoms with van der Waals surface area (Å²) in [6.07, 6.45) is 10.4. The molecular formula is C88H132N10O11Si4. The van der Waals surface area contributed by atoms with Gasteiger partial charge in [-0.1, -0.05) is 165 Å². The lowest BCUT2D eigenvalue weighted by Gasteiger charge is -2.34. The van der Waals surface area contributed by atoms with Gasteiger partial charge in [0.1, 0.15) is 51.4 Å². The van der Waals surface area contributed by atoms with E-state index in [0.29, 0.717) is 79.3 Å². The number of benzene rings is 4. The van der Waals surface area contributed by atoms with E-state index in [0.717, 1.165) is 160 Å². The van der Waals surface area contributed by atoms with E-state index in [2.05, 4.69) is 213 Å². The van der Waals surface area contributed by atoms with Crippen LogP contribution in [0.1, 0.15) is 98.9 Å². The van der Waals surface area contributed by atoms with Crippen LogP contribution >= 0.6 is 0 Å². The molecule has 0 spiro atoms. The highest BCUT2D eigenvalue weighted by Gasteiger charge is 2.39. The molecule has 2 fully saturated rings. The summed E-state index contributed by atoms with van der Waals surface area (Å²) in [7, 11) is -1.17. The number of carboxylic acids is 1. The van der Waals surface area contributed by atoms with E-state index in [9.17, 15) is 19.2 Å². The van der Waals surface area contributed by atoms with E-state index in [1.165, 1.54) is 49.4 Å². The van der Waals surface area contributed by atoms with Crippen molar-refractivity contribution < 1.29 is 52.7 Å². The van der Waals surface area contributed by atoms with Crippen molar-refractivity contribution in [2.45, 2.75) is 234 Å². The Morgan fingerprint density at radius 2 is 0.912 bits per heavy atom. The fraction of sp³-hybridized carbons (Fsp3) is 0.568. The first-order chi connectivity index (χ1) is 53.6. The zero-order valence-electron chi connectivity index (χ0n) is 71.1. The van der Waals surface area contributed by atoms with Gasteiger partial charge in [0, 0.05) is 143 Å². The number of rotatable bonds is 36. The molecule has 4 aromatic carbocycles. The van der Waals surface area contributed by atoms with Crippen molar-refractivity contribution >= 4 is 89.2 Å². The summed E-state index contributed by atoms with van der Waals surface area (Å²) >= 11 is 0. The highest BCUT2D eigenvalue weighted by atomic mass is 28.3. The van der Waals surface area contributed by atoms with E-state index >= 15 is 0 Å². The number of hydrogen-bond acceptors (Lipinski definition) is 13. The number of hydrogen-bond donors (Lipinski definition) is 2. The number of aliphatic carboxylic acids is 1. The lowest BCUT2D eigenvalue weighted by Crippen LogP contribution is -2.43. The summed E-state index contributed by atoms with van der Waals surface area (Å²) in [5.41, 5.74) is 15.7. The largest absolute Gasteiger partial charge is 0.480 e. The van der Waals surface area contributed by atoms with Crippen LogP contribution in [0.25, 0.3) is 44.6 Å². The van der Waals surface area contributed by atoms with Crippen molar-refractivity contribution in [2.24, 2.45) is 10.8 Å². The summed E-state index contributed by atoms with van der Waals surface area (Å²) in [4.78, 5) is 52.0. The standard InChI is InChI=1S/C44H65N5O5Si2.C37H56N4O3Si2.C7H11NO3/c1-44(31-54-30-34-14-10-9-11-15-34)20-19-37-40(28-44)49(33-53-23-25-56(6,7)8)45-43(37)39-26-35-17-18-36(27-38(35)48(39)32-52-22-24-55(3,4)5)46(2)42(51)29-47-21-13-12-16-41(47)50;1-37(26-44-25-29-12-10-9-11-13-29)17-16-32-35(24-37)41(28-43-19-21-46(6,7)8)39-36(32)34-22-30-14-15-31(38-2)23-33(30)40(34)27-42-18-20-45(3,4)5;9-6-3-1-2-4-8(6)5-7(10)11/h9-11,14-15,17-18,26-27H,12-13,16,19-25,28-33H2,1-8H3;9-15,22-23,38H,16-21,24-28H2,1-8H3;1-5H2,(H,10,11). The molecule has 8 aromatic rings. The van der Waals surface area contributed by atoms with E-state index < -0.39 is 38.3 Å². The number of aromatic nitrogens is 6. The Balaban J connectivity index is 0.000000213. The molecule has 3 amide bonds. The Morgan fingerprint density at radius 1 is 0.504 bits per heavy atom. The molecule has 2 saturated heterocycles. The number of carboxylic acid groups (broad SMARTS) is 1. The molecule has 0 radical (unpaired) electrons. The Kier molecular flexibility index (Phi) is 30.8. The number of piperidine rings is 2. The molecule has 4 aromatic heterocycles. The number of anilines is 2. The van der Waals surface area contributed by atoms with Crippen molar-refractivity contribution in [3.63, 3.8) is 0 Å². The predicted octanol–water partition coefficient (Wildman–Crippen LogP) is 17.8. The fourth-order valence-corrected chi connectivity index (χ4v) is 18.0. The zero-order valence-corrected chi connectivity index (χ0v) is 75.1. The average Bonchev–Trinajstić information content (AvgIpc) is 1.60. The Bertz CT molecular complexity index is 4460. The van der Waals surface area contributed by atoms with E-state index in [1.54, 1.807) is 16.8 Å². The number of nitrogens with one attached hydrogen (secondary N) is 1. The lowest BCUT2D eigenvalue weighted by atomic mass is 9.75. The SMILES string of the molecule is CN(C(=O)CN1CCCCC1=O)c1ccc2cc(-c3nn(COCC[Si](C)(C)C)c4c3CCC(C)(COCc3ccccc3)C4)n(COCC[Si](C)(C)C)c2c1.CNc1ccc2cc(-c3nn(COCC[Si](C)(C)C)c4c3CCC(C)(COCc3ccccc3)C4)n(COCC[Si](C)(C)C)c2c1.O=C(O)CN1CCCCC1=O. The number of amides is 3. The van der Waals surface area contributed by atoms with E-state index in [-0.39, 0.29) is 41.6 Å². The first-order valence-corrected chi connectivity index (χ1v) is 56.2. The molecule has 0 saturated carbocycles. The van der Waals surface area contributed by atoms with Gasteiger partial charge in [-0.25, -0.2) is 9.36 Å². The monoisotopic (exact) mass is 1620 g/mol. The lowest BCUT2D eigenvalue weighted by molar-refractivity contribution is -0.145. The smallest absolute Gasteiger partial charge is 0.323 e. The Labute approximate surface area is 676 Å². The van der Waals surface area contributed by atoms with Gasteiger partial charge < -0.3 is 62.7 Å². The maximum Gasteiger partial charge on any atom is 0.323 e. The van der Waals surface area contributed by atoms with E-state index in [1.807, 2.05) is 19.2 Å². The molecule has 2 atom stereocenters. The van der Waals surface area contributed by atoms with Crippen LogP contribution in [-0.4, -0.2) is 180 Å². The van der Waals surface area contributed by atoms with Crippen molar-refractivity contribution in [3.8, 4) is 22.8 Å². The highest BCUT2D eigenvalue weighted by Crippen LogP contribution is 2.44. The number of likely N-dealkylation sites (tertiary alicyclic amines) is 2. The molecule has 113 heavy (non-hydrogen) atoms. The minimum Gasteiger partial charge on any atom is -0.480 e. The number of ether oxygens (including phenoxy) is 6. The average molecular weight is 1620 g/mol. The summed E-state index contributed by atoms with van der Waals surface area (Å²) in [5.74, 6) is -0.993. The van der Waals surface area contributed by atoms with Crippen molar-refractivity contribution in [2.75, 3.05) is 90.1 Å². The topological polar surface area (TPSA) is 211 Å². The van der Waals surface area contributed by atoms with Crippen molar-refractivity contribution in [1.82, 2.24) is 38.5 Å². The van der Waals surface area contributed by atoms with Gasteiger partial charge in [-0.15, -0.1) is 0 Å². The normalized spacial score (nSPS) is 17.6. The van der Waals surface area contributed by atoms with Gasteiger partial charge in [0.15, 0.2) is 0 Å². The molecular weight excluding hydrogens is 1490 g/mol. The van der Waals surface area contributed by atoms with Gasteiger partial charge in [0.2, 0.25) is 17.7 Å². The second-order valence-electron chi connectivity index (χ2n) is 37.4. The van der Waals surface area contributed by atoms with Crippen LogP contribution in [0, 0.1) is 10.8 Å². The van der Waals surface area contributed by atoms with Crippen LogP contribution in [0.4, 0.5) is 11.4 Å². The van der Waals surface area contributed by atoms with Gasteiger partial charge in [-0.2, -0.15) is 10.2 Å². The number of nitrogens with zero attached hydrogens (tertiary/aromatic N) is 9. The van der Waals surface area contributed by atoms with Gasteiger partial charge in [0.05, 0.1) is 48.8 Å². The van der Waals surface area contributed by atoms with Gasteiger partial charge in [0.25, 0.3) is 0 Å². The van der Waals surface area contributed by atoms with Gasteiger partial charge in [-0.3, -0.25) is 19.2 Å². The van der Waals surface area contributed by atoms with Crippen LogP contribution < -0.4 is 10.2 Å². The number of fused-ring (bicyclic) bond motifs is 4. The zero-order chi connectivity index (χ0) is 81.3. The molecule has 25 heteroatoms. The van der Waals surface area contributed by atoms with Crippen LogP contribution in [-0.2, 0) is 113 Å². The third-order valence-corrected chi connectivity index (χ3v) is 29.1. The van der Waals surface area contributed by atoms with Crippen LogP contribution in [0.15, 0.2) is 109 Å². The first kappa shape index (κ1) is 88.1. The molecule has 616 valence electrons. The summed E-state index contributed by atoms with van der Waals surface area (Å²) in [6, 6.07) is 42.6. The maximum atomic E-state index is 13.5. The van der Waals surface area contributed by atoms with Crippen LogP contribution in [0.3, 0.4) is 0 Å². The molecule has 2 unspecified atom stereocenters. The fourth-order valence-electron chi connectivity index (χ4n) is 15.0. The summed E-state index contributed by atoms with van der Waals surface area (Å²) in [5, 5.41) is 24.7. The van der Waals surface area contributed by atoms with Crippen molar-refractivity contribution in [1.29, 1.82) is 0 Å². The summed E-state index contributed by atoms with van der Waals surface area (Å²) < 4.78 is 47.0. The molecule has 6 heterocycles. The quantitative estimate of drug-likeness (QED) is 0.0276. The van der Waals surface area contributed by atoms with Crippen molar-refractivity contribution in [3.05, 3.63) is 143 Å². The Hall–Kier alpha value is -7.31. The molecule has 0 bridgehead atoms. The van der Waals surface area contributed by atoms with Gasteiger partial charge in [-0.05, 0) is 147 Å². The minimum absolute atomic E-state index is 0.0290. The number of carbonyl (C=O) groups excluding carboxylic acids is 3. The van der Waals surface area contributed by atoms with Crippen LogP contribution in [0.2, 0.25) is 103 Å². The molecule has 2 aliphatic carbocycles. The second kappa shape index (κ2) is 39.6. The van der Waals surface area contributed by atoms with E-state index in [4.69, 9.17) is 43.7 Å². The molecule has 12 rings (SSSR count). The third kappa shape index (κ3) is 25.8. The number of carbonyl (C=O) groups is 4. The third-order valence-electron chi connectivity index (χ3n) is 22.3. The predicted molar refractivity (Wildman–Crippen MR) is 467 cm³/mol. The molecule has 21 nitrogen and oxygen atoms in total. The minimum atomic E-state index is -1.30. The first-order valence-electron chi connectivity index (χ1n) is 41.3. The van der Waals surface area contributed by atoms with Crippen LogP contribution in [0.5, 0.6) is 0 Å². The van der Waals surface area contributed by atoms with Gasteiger partial charge >= 0.3 is 5.97 Å². The molecule has 2 aliphatic heterocycles. The maximum absolute atomic E-state index is 13.5. The second-order valence-corrected chi connectivity index (χ2v) is 59.9. The molecule has 4 aliphatic rings. The highest BCUT2D eigenvalue weighted by molar-refractivity contribution is 6.77. The summed E-state index contributed by atoms with van der Waals surface area (Å²) in [6.45, 7) is 41.9. The Morgan fingerprint density at radius 3 is 1.32 bits per heavy atom. The number of likely N-dealkylation sites (N-methyl/N-ethyl adjacent to an activating group) is 1. The molecule has 2 N–H and O–H groups in total.